The average molecular weight is 399 g/mol. The monoisotopic (exact) mass is 399 g/mol. The first-order valence-electron chi connectivity index (χ1n) is 9.22. The van der Waals surface area contributed by atoms with Crippen molar-refractivity contribution < 1.29 is 18.4 Å². The molecule has 152 valence electrons. The van der Waals surface area contributed by atoms with Gasteiger partial charge in [0.25, 0.3) is 0 Å². The Kier molecular flexibility index (Phi) is 5.06. The van der Waals surface area contributed by atoms with Crippen molar-refractivity contribution in [1.29, 1.82) is 0 Å². The number of methoxy groups -OCH3 is 1. The fourth-order valence-corrected chi connectivity index (χ4v) is 3.19. The van der Waals surface area contributed by atoms with E-state index in [2.05, 4.69) is 39.2 Å². The van der Waals surface area contributed by atoms with E-state index in [0.717, 1.165) is 0 Å². The topological polar surface area (TPSA) is 85.5 Å². The summed E-state index contributed by atoms with van der Waals surface area (Å²) >= 11 is 0. The number of hydrogen-bond donors (Lipinski definition) is 1. The first-order valence-corrected chi connectivity index (χ1v) is 9.22. The number of rotatable bonds is 5. The second kappa shape index (κ2) is 7.67. The van der Waals surface area contributed by atoms with Gasteiger partial charge in [0.05, 0.1) is 25.9 Å². The number of anilines is 3. The molecule has 1 aliphatic heterocycles. The molecule has 2 aromatic heterocycles. The molecule has 0 unspecified atom stereocenters. The number of ether oxygens (including phenoxy) is 2. The fourth-order valence-electron chi connectivity index (χ4n) is 3.19. The molecule has 8 nitrogen and oxygen atoms in total. The van der Waals surface area contributed by atoms with Crippen LogP contribution in [-0.2, 0) is 4.74 Å². The Labute approximate surface area is 167 Å². The largest absolute Gasteiger partial charge is 0.497 e. The summed E-state index contributed by atoms with van der Waals surface area (Å²) in [5, 5.41) is 7.00. The van der Waals surface area contributed by atoms with Gasteiger partial charge < -0.3 is 24.2 Å². The van der Waals surface area contributed by atoms with Crippen LogP contribution in [0.1, 0.15) is 13.8 Å². The van der Waals surface area contributed by atoms with E-state index in [1.807, 2.05) is 0 Å². The van der Waals surface area contributed by atoms with Gasteiger partial charge in [-0.25, -0.2) is 9.37 Å². The molecule has 0 amide bonds. The van der Waals surface area contributed by atoms with Crippen molar-refractivity contribution in [2.24, 2.45) is 0 Å². The molecular weight excluding hydrogens is 377 g/mol. The number of benzene rings is 1. The summed E-state index contributed by atoms with van der Waals surface area (Å²) in [5.74, 6) is 1.50. The first-order chi connectivity index (χ1) is 14.0. The van der Waals surface area contributed by atoms with Crippen LogP contribution in [0.2, 0.25) is 0 Å². The van der Waals surface area contributed by atoms with Crippen LogP contribution in [0.25, 0.3) is 11.3 Å². The second-order valence-corrected chi connectivity index (χ2v) is 7.31. The molecule has 0 spiro atoms. The summed E-state index contributed by atoms with van der Waals surface area (Å²) in [6, 6.07) is 7.91. The minimum absolute atomic E-state index is 0.206. The molecule has 1 aliphatic rings. The van der Waals surface area contributed by atoms with E-state index in [4.69, 9.17) is 14.0 Å². The molecule has 1 saturated heterocycles. The number of hydrogen-bond acceptors (Lipinski definition) is 8. The van der Waals surface area contributed by atoms with Crippen molar-refractivity contribution in [2.75, 3.05) is 37.1 Å². The highest BCUT2D eigenvalue weighted by molar-refractivity contribution is 5.65. The zero-order valence-corrected chi connectivity index (χ0v) is 16.5. The molecule has 3 aromatic rings. The standard InChI is InChI=1S/C20H22FN5O3/c1-20(2)12-28-9-8-26(20)19-22-7-6-17(24-19)23-18-11-16(25-29-18)14-5-4-13(27-3)10-15(14)21/h4-7,10-11H,8-9,12H2,1-3H3,(H,22,23,24). The Hall–Kier alpha value is -3.20. The normalized spacial score (nSPS) is 15.9. The van der Waals surface area contributed by atoms with Gasteiger partial charge in [-0.15, -0.1) is 0 Å². The maximum atomic E-state index is 14.3. The highest BCUT2D eigenvalue weighted by Gasteiger charge is 2.32. The van der Waals surface area contributed by atoms with Gasteiger partial charge in [-0.05, 0) is 32.0 Å². The minimum Gasteiger partial charge on any atom is -0.497 e. The Balaban J connectivity index is 1.54. The van der Waals surface area contributed by atoms with Crippen LogP contribution in [0.15, 0.2) is 41.1 Å². The van der Waals surface area contributed by atoms with Crippen molar-refractivity contribution in [3.63, 3.8) is 0 Å². The predicted molar refractivity (Wildman–Crippen MR) is 106 cm³/mol. The van der Waals surface area contributed by atoms with Crippen LogP contribution in [0.5, 0.6) is 5.75 Å². The van der Waals surface area contributed by atoms with E-state index >= 15 is 0 Å². The van der Waals surface area contributed by atoms with Gasteiger partial charge in [0, 0.05) is 30.4 Å². The van der Waals surface area contributed by atoms with Crippen molar-refractivity contribution >= 4 is 17.7 Å². The predicted octanol–water partition coefficient (Wildman–Crippen LogP) is 3.64. The fraction of sp³-hybridized carbons (Fsp3) is 0.350. The third kappa shape index (κ3) is 4.00. The first kappa shape index (κ1) is 19.1. The summed E-state index contributed by atoms with van der Waals surface area (Å²) < 4.78 is 30.2. The van der Waals surface area contributed by atoms with Gasteiger partial charge in [-0.1, -0.05) is 5.16 Å². The van der Waals surface area contributed by atoms with Gasteiger partial charge in [0.2, 0.25) is 11.8 Å². The summed E-state index contributed by atoms with van der Waals surface area (Å²) in [5.41, 5.74) is 0.486. The molecule has 9 heteroatoms. The lowest BCUT2D eigenvalue weighted by molar-refractivity contribution is 0.0634. The third-order valence-electron chi connectivity index (χ3n) is 4.74. The Morgan fingerprint density at radius 2 is 2.10 bits per heavy atom. The van der Waals surface area contributed by atoms with Crippen molar-refractivity contribution in [2.45, 2.75) is 19.4 Å². The van der Waals surface area contributed by atoms with Crippen LogP contribution < -0.4 is 15.0 Å². The summed E-state index contributed by atoms with van der Waals surface area (Å²) in [6.45, 7) is 6.11. The molecule has 1 N–H and O–H groups in total. The quantitative estimate of drug-likeness (QED) is 0.696. The number of nitrogens with zero attached hydrogens (tertiary/aromatic N) is 4. The van der Waals surface area contributed by atoms with Gasteiger partial charge >= 0.3 is 0 Å². The molecule has 0 radical (unpaired) electrons. The van der Waals surface area contributed by atoms with Crippen LogP contribution in [-0.4, -0.2) is 47.5 Å². The van der Waals surface area contributed by atoms with Crippen LogP contribution >= 0.6 is 0 Å². The molecule has 0 saturated carbocycles. The van der Waals surface area contributed by atoms with Crippen molar-refractivity contribution in [3.8, 4) is 17.0 Å². The molecule has 0 atom stereocenters. The highest BCUT2D eigenvalue weighted by atomic mass is 19.1. The molecule has 0 bridgehead atoms. The molecule has 3 heterocycles. The lowest BCUT2D eigenvalue weighted by Gasteiger charge is -2.42. The van der Waals surface area contributed by atoms with E-state index in [1.54, 1.807) is 30.5 Å². The van der Waals surface area contributed by atoms with Crippen LogP contribution in [0.4, 0.5) is 22.0 Å². The van der Waals surface area contributed by atoms with Crippen molar-refractivity contribution in [3.05, 3.63) is 42.3 Å². The lowest BCUT2D eigenvalue weighted by atomic mass is 10.0. The minimum atomic E-state index is -0.442. The Bertz CT molecular complexity index is 1010. The summed E-state index contributed by atoms with van der Waals surface area (Å²) in [6.07, 6.45) is 1.68. The van der Waals surface area contributed by atoms with Gasteiger partial charge in [-0.2, -0.15) is 4.98 Å². The third-order valence-corrected chi connectivity index (χ3v) is 4.74. The zero-order valence-electron chi connectivity index (χ0n) is 16.5. The maximum absolute atomic E-state index is 14.3. The molecule has 1 fully saturated rings. The van der Waals surface area contributed by atoms with E-state index in [0.29, 0.717) is 54.4 Å². The zero-order chi connectivity index (χ0) is 20.4. The maximum Gasteiger partial charge on any atom is 0.230 e. The molecule has 1 aromatic carbocycles. The highest BCUT2D eigenvalue weighted by Crippen LogP contribution is 2.29. The van der Waals surface area contributed by atoms with Gasteiger partial charge in [0.1, 0.15) is 23.1 Å². The number of aromatic nitrogens is 3. The number of nitrogens with one attached hydrogen (secondary N) is 1. The second-order valence-electron chi connectivity index (χ2n) is 7.31. The molecular formula is C20H22FN5O3. The smallest absolute Gasteiger partial charge is 0.230 e. The lowest BCUT2D eigenvalue weighted by Crippen LogP contribution is -2.53. The number of halogens is 1. The van der Waals surface area contributed by atoms with E-state index in [1.165, 1.54) is 13.2 Å². The van der Waals surface area contributed by atoms with Crippen LogP contribution in [0.3, 0.4) is 0 Å². The van der Waals surface area contributed by atoms with E-state index < -0.39 is 5.82 Å². The van der Waals surface area contributed by atoms with Gasteiger partial charge in [0.15, 0.2) is 0 Å². The van der Waals surface area contributed by atoms with Gasteiger partial charge in [-0.3, -0.25) is 0 Å². The Morgan fingerprint density at radius 3 is 2.86 bits per heavy atom. The van der Waals surface area contributed by atoms with E-state index in [-0.39, 0.29) is 5.54 Å². The SMILES string of the molecule is COc1ccc(-c2cc(Nc3ccnc(N4CCOCC4(C)C)n3)on2)c(F)c1. The summed E-state index contributed by atoms with van der Waals surface area (Å²) in [7, 11) is 1.49. The van der Waals surface area contributed by atoms with Crippen molar-refractivity contribution in [1.82, 2.24) is 15.1 Å². The van der Waals surface area contributed by atoms with Crippen LogP contribution in [0, 0.1) is 5.82 Å². The Morgan fingerprint density at radius 1 is 1.24 bits per heavy atom. The molecule has 29 heavy (non-hydrogen) atoms. The van der Waals surface area contributed by atoms with E-state index in [9.17, 15) is 4.39 Å². The molecule has 0 aliphatic carbocycles. The summed E-state index contributed by atoms with van der Waals surface area (Å²) in [4.78, 5) is 11.1. The number of morpholine rings is 1. The molecule has 4 rings (SSSR count). The average Bonchev–Trinajstić information content (AvgIpc) is 3.15.